The fourth-order valence-electron chi connectivity index (χ4n) is 4.07. The minimum absolute atomic E-state index is 0.0542. The third-order valence-corrected chi connectivity index (χ3v) is 7.20. The Hall–Kier alpha value is -4.02. The molecule has 1 aliphatic rings. The van der Waals surface area contributed by atoms with Gasteiger partial charge in [0.05, 0.1) is 36.5 Å². The van der Waals surface area contributed by atoms with Crippen LogP contribution in [0.4, 0.5) is 10.5 Å². The summed E-state index contributed by atoms with van der Waals surface area (Å²) in [6, 6.07) is 11.2. The standard InChI is InChI=1S/C29H26BrClN2O7/c1-15-6-7-17(8-16(15)2)14-40-26-20(30)10-18(11-25(26)39-5)9-19-27(34)32-29(36)33(28(19)35)22-13-23(37-3)21(31)12-24(22)38-4/h6-13H,14H2,1-5H3,(H,32,34,36)/b19-9+. The number of aryl methyl sites for hydroxylation is 2. The van der Waals surface area contributed by atoms with Crippen molar-refractivity contribution in [2.45, 2.75) is 20.5 Å². The van der Waals surface area contributed by atoms with Crippen LogP contribution in [0.3, 0.4) is 0 Å². The van der Waals surface area contributed by atoms with Crippen LogP contribution >= 0.6 is 27.5 Å². The maximum absolute atomic E-state index is 13.5. The summed E-state index contributed by atoms with van der Waals surface area (Å²) in [4.78, 5) is 39.8. The van der Waals surface area contributed by atoms with Gasteiger partial charge < -0.3 is 18.9 Å². The number of amides is 4. The van der Waals surface area contributed by atoms with Crippen LogP contribution in [0.25, 0.3) is 6.08 Å². The Morgan fingerprint density at radius 3 is 2.25 bits per heavy atom. The first-order valence-corrected chi connectivity index (χ1v) is 13.1. The van der Waals surface area contributed by atoms with E-state index in [2.05, 4.69) is 27.3 Å². The Morgan fingerprint density at radius 1 is 0.900 bits per heavy atom. The molecule has 0 bridgehead atoms. The van der Waals surface area contributed by atoms with Crippen molar-refractivity contribution in [1.82, 2.24) is 5.32 Å². The maximum atomic E-state index is 13.5. The maximum Gasteiger partial charge on any atom is 0.336 e. The van der Waals surface area contributed by atoms with E-state index in [1.807, 2.05) is 26.0 Å². The van der Waals surface area contributed by atoms with Crippen LogP contribution in [0.1, 0.15) is 22.3 Å². The Balaban J connectivity index is 1.68. The third-order valence-electron chi connectivity index (χ3n) is 6.31. The van der Waals surface area contributed by atoms with Crippen LogP contribution in [0, 0.1) is 13.8 Å². The average molecular weight is 630 g/mol. The van der Waals surface area contributed by atoms with E-state index in [0.29, 0.717) is 28.1 Å². The number of nitrogens with zero attached hydrogens (tertiary/aromatic N) is 1. The first kappa shape index (κ1) is 29.0. The smallest absolute Gasteiger partial charge is 0.336 e. The number of barbiturate groups is 1. The van der Waals surface area contributed by atoms with Gasteiger partial charge in [-0.25, -0.2) is 9.69 Å². The molecule has 40 heavy (non-hydrogen) atoms. The number of carbonyl (C=O) groups excluding carboxylic acids is 3. The van der Waals surface area contributed by atoms with Crippen molar-refractivity contribution in [3.05, 3.63) is 79.8 Å². The van der Waals surface area contributed by atoms with Crippen molar-refractivity contribution in [3.63, 3.8) is 0 Å². The zero-order valence-electron chi connectivity index (χ0n) is 22.4. The van der Waals surface area contributed by atoms with Gasteiger partial charge in [0.15, 0.2) is 11.5 Å². The summed E-state index contributed by atoms with van der Waals surface area (Å²) >= 11 is 9.68. The minimum atomic E-state index is -0.941. The van der Waals surface area contributed by atoms with Crippen molar-refractivity contribution in [2.24, 2.45) is 0 Å². The molecule has 1 fully saturated rings. The molecule has 1 heterocycles. The fourth-order valence-corrected chi connectivity index (χ4v) is 4.88. The van der Waals surface area contributed by atoms with E-state index in [1.54, 1.807) is 12.1 Å². The number of hydrogen-bond donors (Lipinski definition) is 1. The SMILES string of the molecule is COc1cc(N2C(=O)NC(=O)/C(=C\c3cc(Br)c(OCc4ccc(C)c(C)c4)c(OC)c3)C2=O)c(OC)cc1Cl. The lowest BCUT2D eigenvalue weighted by Gasteiger charge is -2.28. The number of hydrogen-bond acceptors (Lipinski definition) is 7. The van der Waals surface area contributed by atoms with E-state index in [4.69, 9.17) is 30.5 Å². The van der Waals surface area contributed by atoms with Crippen molar-refractivity contribution in [1.29, 1.82) is 0 Å². The lowest BCUT2D eigenvalue weighted by molar-refractivity contribution is -0.122. The van der Waals surface area contributed by atoms with Crippen molar-refractivity contribution in [3.8, 4) is 23.0 Å². The Kier molecular flexibility index (Phi) is 8.70. The van der Waals surface area contributed by atoms with Crippen LogP contribution < -0.4 is 29.2 Å². The molecule has 3 aromatic rings. The van der Waals surface area contributed by atoms with E-state index in [0.717, 1.165) is 16.0 Å². The summed E-state index contributed by atoms with van der Waals surface area (Å²) in [6.07, 6.45) is 1.36. The highest BCUT2D eigenvalue weighted by atomic mass is 79.9. The van der Waals surface area contributed by atoms with Gasteiger partial charge in [0.2, 0.25) is 0 Å². The average Bonchev–Trinajstić information content (AvgIpc) is 2.92. The van der Waals surface area contributed by atoms with E-state index in [1.165, 1.54) is 45.1 Å². The highest BCUT2D eigenvalue weighted by Gasteiger charge is 2.38. The van der Waals surface area contributed by atoms with Gasteiger partial charge in [0, 0.05) is 12.1 Å². The zero-order valence-corrected chi connectivity index (χ0v) is 24.7. The summed E-state index contributed by atoms with van der Waals surface area (Å²) in [6.45, 7) is 4.39. The molecule has 0 aromatic heterocycles. The number of ether oxygens (including phenoxy) is 4. The number of benzene rings is 3. The van der Waals surface area contributed by atoms with Crippen molar-refractivity contribution in [2.75, 3.05) is 26.2 Å². The first-order valence-electron chi connectivity index (χ1n) is 12.0. The van der Waals surface area contributed by atoms with E-state index < -0.39 is 17.8 Å². The molecule has 4 amide bonds. The normalized spacial score (nSPS) is 14.3. The van der Waals surface area contributed by atoms with Gasteiger partial charge in [-0.05, 0) is 70.2 Å². The molecule has 3 aromatic carbocycles. The second-order valence-corrected chi connectivity index (χ2v) is 10.1. The summed E-state index contributed by atoms with van der Waals surface area (Å²) in [7, 11) is 4.24. The van der Waals surface area contributed by atoms with Crippen LogP contribution in [0.15, 0.2) is 52.5 Å². The summed E-state index contributed by atoms with van der Waals surface area (Å²) in [5.74, 6) is -0.524. The second kappa shape index (κ2) is 12.0. The van der Waals surface area contributed by atoms with Gasteiger partial charge in [-0.2, -0.15) is 0 Å². The third kappa shape index (κ3) is 5.78. The Labute approximate surface area is 244 Å². The molecule has 0 saturated carbocycles. The molecule has 208 valence electrons. The molecule has 11 heteroatoms. The largest absolute Gasteiger partial charge is 0.495 e. The Morgan fingerprint density at radius 2 is 1.60 bits per heavy atom. The number of rotatable bonds is 8. The summed E-state index contributed by atoms with van der Waals surface area (Å²) < 4.78 is 22.7. The van der Waals surface area contributed by atoms with Gasteiger partial charge in [-0.15, -0.1) is 0 Å². The number of anilines is 1. The molecule has 1 saturated heterocycles. The molecule has 0 radical (unpaired) electrons. The molecule has 1 N–H and O–H groups in total. The highest BCUT2D eigenvalue weighted by molar-refractivity contribution is 9.10. The lowest BCUT2D eigenvalue weighted by atomic mass is 10.1. The van der Waals surface area contributed by atoms with Crippen molar-refractivity contribution < 1.29 is 33.3 Å². The summed E-state index contributed by atoms with van der Waals surface area (Å²) in [5.41, 5.74) is 3.57. The predicted octanol–water partition coefficient (Wildman–Crippen LogP) is 5.99. The highest BCUT2D eigenvalue weighted by Crippen LogP contribution is 2.40. The van der Waals surface area contributed by atoms with Crippen LogP contribution in [0.2, 0.25) is 5.02 Å². The van der Waals surface area contributed by atoms with Crippen LogP contribution in [-0.2, 0) is 16.2 Å². The number of imide groups is 2. The number of nitrogens with one attached hydrogen (secondary N) is 1. The topological polar surface area (TPSA) is 103 Å². The van der Waals surface area contributed by atoms with E-state index in [9.17, 15) is 14.4 Å². The monoisotopic (exact) mass is 628 g/mol. The van der Waals surface area contributed by atoms with Crippen LogP contribution in [-0.4, -0.2) is 39.2 Å². The number of urea groups is 1. The summed E-state index contributed by atoms with van der Waals surface area (Å²) in [5, 5.41) is 2.41. The molecule has 0 atom stereocenters. The second-order valence-electron chi connectivity index (χ2n) is 8.86. The van der Waals surface area contributed by atoms with Gasteiger partial charge in [0.25, 0.3) is 11.8 Å². The number of methoxy groups -OCH3 is 3. The van der Waals surface area contributed by atoms with E-state index in [-0.39, 0.29) is 27.8 Å². The predicted molar refractivity (Wildman–Crippen MR) is 154 cm³/mol. The zero-order chi connectivity index (χ0) is 29.1. The molecule has 9 nitrogen and oxygen atoms in total. The molecule has 0 aliphatic carbocycles. The molecular weight excluding hydrogens is 604 g/mol. The van der Waals surface area contributed by atoms with Gasteiger partial charge >= 0.3 is 6.03 Å². The molecule has 0 spiro atoms. The molecule has 0 unspecified atom stereocenters. The number of carbonyl (C=O) groups is 3. The molecular formula is C29H26BrClN2O7. The lowest BCUT2D eigenvalue weighted by Crippen LogP contribution is -2.54. The first-order chi connectivity index (χ1) is 19.1. The molecule has 1 aliphatic heterocycles. The fraction of sp³-hybridized carbons (Fsp3) is 0.207. The van der Waals surface area contributed by atoms with Gasteiger partial charge in [-0.1, -0.05) is 29.8 Å². The number of halogens is 2. The minimum Gasteiger partial charge on any atom is -0.495 e. The molecule has 4 rings (SSSR count). The van der Waals surface area contributed by atoms with Crippen LogP contribution in [0.5, 0.6) is 23.0 Å². The van der Waals surface area contributed by atoms with Gasteiger partial charge in [-0.3, -0.25) is 14.9 Å². The van der Waals surface area contributed by atoms with Crippen molar-refractivity contribution >= 4 is 57.1 Å². The Bertz CT molecular complexity index is 1550. The quantitative estimate of drug-likeness (QED) is 0.241. The van der Waals surface area contributed by atoms with Gasteiger partial charge in [0.1, 0.15) is 23.7 Å². The van der Waals surface area contributed by atoms with E-state index >= 15 is 0 Å².